The number of thiocarbonyl (C=S) groups is 1. The third-order valence-electron chi connectivity index (χ3n) is 5.77. The zero-order valence-corrected chi connectivity index (χ0v) is 18.6. The number of hydrogen-bond acceptors (Lipinski definition) is 5. The lowest BCUT2D eigenvalue weighted by Crippen LogP contribution is -2.62. The second kappa shape index (κ2) is 7.50. The van der Waals surface area contributed by atoms with Crippen molar-refractivity contribution in [1.82, 2.24) is 10.3 Å². The van der Waals surface area contributed by atoms with E-state index in [-0.39, 0.29) is 29.8 Å². The fourth-order valence-electron chi connectivity index (χ4n) is 3.94. The van der Waals surface area contributed by atoms with Crippen molar-refractivity contribution in [2.45, 2.75) is 43.9 Å². The Morgan fingerprint density at radius 3 is 2.74 bits per heavy atom. The number of nitrogens with zero attached hydrogens (tertiary/aromatic N) is 1. The number of halogens is 4. The van der Waals surface area contributed by atoms with E-state index in [0.717, 1.165) is 6.07 Å². The molecule has 1 aromatic carbocycles. The van der Waals surface area contributed by atoms with Crippen molar-refractivity contribution >= 4 is 34.5 Å². The van der Waals surface area contributed by atoms with Crippen molar-refractivity contribution in [1.29, 1.82) is 0 Å². The largest absolute Gasteiger partial charge is 0.489 e. The van der Waals surface area contributed by atoms with Gasteiger partial charge in [-0.05, 0) is 39.0 Å². The highest BCUT2D eigenvalue weighted by molar-refractivity contribution is 7.80. The van der Waals surface area contributed by atoms with Gasteiger partial charge in [-0.25, -0.2) is 13.2 Å². The average Bonchev–Trinajstić information content (AvgIpc) is 3.06. The van der Waals surface area contributed by atoms with Crippen LogP contribution in [-0.4, -0.2) is 34.7 Å². The van der Waals surface area contributed by atoms with Gasteiger partial charge in [-0.15, -0.1) is 0 Å². The van der Waals surface area contributed by atoms with E-state index in [2.05, 4.69) is 15.6 Å². The van der Waals surface area contributed by atoms with Crippen molar-refractivity contribution < 1.29 is 22.6 Å². The Hall–Kier alpha value is -2.10. The lowest BCUT2D eigenvalue weighted by Gasteiger charge is -2.44. The Bertz CT molecular complexity index is 1050. The first-order valence-corrected chi connectivity index (χ1v) is 10.4. The van der Waals surface area contributed by atoms with Gasteiger partial charge in [-0.1, -0.05) is 23.8 Å². The van der Waals surface area contributed by atoms with Crippen LogP contribution in [-0.2, 0) is 10.3 Å². The normalized spacial score (nSPS) is 26.4. The fourth-order valence-corrected chi connectivity index (χ4v) is 4.35. The number of aromatic nitrogens is 1. The topological polar surface area (TPSA) is 55.4 Å². The molecule has 2 N–H and O–H groups in total. The molecule has 1 saturated heterocycles. The molecule has 0 spiro atoms. The molecule has 3 heterocycles. The molecule has 31 heavy (non-hydrogen) atoms. The van der Waals surface area contributed by atoms with Gasteiger partial charge in [0.15, 0.2) is 0 Å². The molecule has 2 aliphatic rings. The summed E-state index contributed by atoms with van der Waals surface area (Å²) in [6.45, 7) is 3.86. The Balaban J connectivity index is 1.72. The molecule has 1 unspecified atom stereocenters. The van der Waals surface area contributed by atoms with Crippen LogP contribution < -0.4 is 15.4 Å². The lowest BCUT2D eigenvalue weighted by atomic mass is 9.77. The van der Waals surface area contributed by atoms with Crippen LogP contribution in [0.2, 0.25) is 5.02 Å². The summed E-state index contributed by atoms with van der Waals surface area (Å²) in [6.07, 6.45) is 1.50. The van der Waals surface area contributed by atoms with E-state index < -0.39 is 22.9 Å². The van der Waals surface area contributed by atoms with E-state index in [4.69, 9.17) is 33.3 Å². The van der Waals surface area contributed by atoms with Crippen LogP contribution in [0.25, 0.3) is 0 Å². The predicted molar refractivity (Wildman–Crippen MR) is 116 cm³/mol. The van der Waals surface area contributed by atoms with Gasteiger partial charge >= 0.3 is 5.92 Å². The van der Waals surface area contributed by atoms with E-state index >= 15 is 8.78 Å². The second-order valence-electron chi connectivity index (χ2n) is 8.29. The van der Waals surface area contributed by atoms with E-state index in [0.29, 0.717) is 22.2 Å². The summed E-state index contributed by atoms with van der Waals surface area (Å²) in [4.78, 5) is 4.36. The zero-order chi connectivity index (χ0) is 22.6. The molecular weight excluding hydrogens is 451 g/mol. The average molecular weight is 472 g/mol. The summed E-state index contributed by atoms with van der Waals surface area (Å²) in [6, 6.07) is 5.29. The SMILES string of the molecule is CC1(C)OCC(=S)N[C@](C)(c2cc(NC3COc4cc(Cl)cnc43)ccc2F)C1(F)F. The molecule has 2 aliphatic heterocycles. The van der Waals surface area contributed by atoms with Gasteiger partial charge in [0.2, 0.25) is 0 Å². The monoisotopic (exact) mass is 471 g/mol. The number of nitrogens with one attached hydrogen (secondary N) is 2. The second-order valence-corrected chi connectivity index (χ2v) is 9.22. The molecule has 1 aromatic heterocycles. The van der Waals surface area contributed by atoms with Crippen LogP contribution in [0, 0.1) is 5.82 Å². The third-order valence-corrected chi connectivity index (χ3v) is 6.19. The summed E-state index contributed by atoms with van der Waals surface area (Å²) in [5.74, 6) is -3.74. The van der Waals surface area contributed by atoms with E-state index in [1.807, 2.05) is 0 Å². The maximum absolute atomic E-state index is 15.6. The molecule has 4 rings (SSSR count). The van der Waals surface area contributed by atoms with Crippen LogP contribution in [0.5, 0.6) is 5.75 Å². The van der Waals surface area contributed by atoms with E-state index in [1.54, 1.807) is 6.07 Å². The Morgan fingerprint density at radius 2 is 2.00 bits per heavy atom. The maximum atomic E-state index is 15.6. The highest BCUT2D eigenvalue weighted by Gasteiger charge is 2.64. The summed E-state index contributed by atoms with van der Waals surface area (Å²) >= 11 is 11.1. The van der Waals surface area contributed by atoms with E-state index in [9.17, 15) is 4.39 Å². The lowest BCUT2D eigenvalue weighted by molar-refractivity contribution is -0.216. The van der Waals surface area contributed by atoms with Crippen LogP contribution in [0.3, 0.4) is 0 Å². The Kier molecular flexibility index (Phi) is 5.34. The minimum atomic E-state index is -3.50. The van der Waals surface area contributed by atoms with Crippen molar-refractivity contribution in [2.75, 3.05) is 18.5 Å². The smallest absolute Gasteiger partial charge is 0.302 e. The van der Waals surface area contributed by atoms with Gasteiger partial charge in [-0.2, -0.15) is 0 Å². The predicted octanol–water partition coefficient (Wildman–Crippen LogP) is 5.00. The summed E-state index contributed by atoms with van der Waals surface area (Å²) in [7, 11) is 0. The Morgan fingerprint density at radius 1 is 1.26 bits per heavy atom. The standard InChI is InChI=1S/C21H21ClF3N3O2S/c1-19(2)21(24,25)20(3,28-17(31)10-30-19)13-7-12(4-5-14(13)23)27-15-9-29-16-6-11(22)8-26-18(15)16/h4-8,15,27H,9-10H2,1-3H3,(H,28,31)/t15?,20-/m1/s1. The number of anilines is 1. The molecule has 1 fully saturated rings. The minimum Gasteiger partial charge on any atom is -0.489 e. The third kappa shape index (κ3) is 3.62. The number of hydrogen-bond donors (Lipinski definition) is 2. The van der Waals surface area contributed by atoms with Crippen LogP contribution in [0.1, 0.15) is 38.1 Å². The van der Waals surface area contributed by atoms with E-state index in [1.165, 1.54) is 39.1 Å². The van der Waals surface area contributed by atoms with Gasteiger partial charge < -0.3 is 20.1 Å². The molecule has 0 radical (unpaired) electrons. The summed E-state index contributed by atoms with van der Waals surface area (Å²) < 4.78 is 57.1. The first kappa shape index (κ1) is 22.1. The molecule has 2 atom stereocenters. The number of fused-ring (bicyclic) bond motifs is 1. The molecule has 10 heteroatoms. The molecule has 0 saturated carbocycles. The van der Waals surface area contributed by atoms with Gasteiger partial charge in [0.25, 0.3) is 0 Å². The van der Waals surface area contributed by atoms with Crippen molar-refractivity contribution in [2.24, 2.45) is 0 Å². The fraction of sp³-hybridized carbons (Fsp3) is 0.429. The number of pyridine rings is 1. The molecule has 2 aromatic rings. The molecule has 0 aliphatic carbocycles. The molecular formula is C21H21ClF3N3O2S. The van der Waals surface area contributed by atoms with Crippen molar-refractivity contribution in [3.05, 3.63) is 52.6 Å². The van der Waals surface area contributed by atoms with Crippen LogP contribution in [0.15, 0.2) is 30.5 Å². The Labute approximate surface area is 188 Å². The number of rotatable bonds is 3. The van der Waals surface area contributed by atoms with Gasteiger partial charge in [0.05, 0.1) is 11.6 Å². The van der Waals surface area contributed by atoms with Crippen LogP contribution >= 0.6 is 23.8 Å². The molecule has 166 valence electrons. The van der Waals surface area contributed by atoms with Gasteiger partial charge in [-0.3, -0.25) is 4.98 Å². The summed E-state index contributed by atoms with van der Waals surface area (Å²) in [5.41, 5.74) is -3.18. The number of benzene rings is 1. The minimum absolute atomic E-state index is 0.0738. The highest BCUT2D eigenvalue weighted by Crippen LogP contribution is 2.48. The van der Waals surface area contributed by atoms with Gasteiger partial charge in [0, 0.05) is 23.5 Å². The first-order valence-electron chi connectivity index (χ1n) is 9.62. The van der Waals surface area contributed by atoms with Crippen molar-refractivity contribution in [3.8, 4) is 5.75 Å². The summed E-state index contributed by atoms with van der Waals surface area (Å²) in [5, 5.41) is 6.26. The van der Waals surface area contributed by atoms with Crippen LogP contribution in [0.4, 0.5) is 18.9 Å². The van der Waals surface area contributed by atoms with Crippen molar-refractivity contribution in [3.63, 3.8) is 0 Å². The first-order chi connectivity index (χ1) is 14.4. The zero-order valence-electron chi connectivity index (χ0n) is 17.1. The molecule has 5 nitrogen and oxygen atoms in total. The highest BCUT2D eigenvalue weighted by atomic mass is 35.5. The molecule has 0 bridgehead atoms. The molecule has 0 amide bonds. The quantitative estimate of drug-likeness (QED) is 0.615. The van der Waals surface area contributed by atoms with Gasteiger partial charge in [0.1, 0.15) is 46.0 Å². The maximum Gasteiger partial charge on any atom is 0.302 e. The number of ether oxygens (including phenoxy) is 2. The number of alkyl halides is 2.